The molecule has 12 heavy (non-hydrogen) atoms. The molecule has 1 nitrogen and oxygen atoms in total. The highest BCUT2D eigenvalue weighted by Crippen LogP contribution is 2.21. The van der Waals surface area contributed by atoms with Crippen LogP contribution in [0.15, 0.2) is 22.7 Å². The standard InChI is InChI=1S/C10H13BrO/c1-8-4-3-5-9(10(8)11)6-7-12-2/h3-5H,6-7H2,1-2H3. The Morgan fingerprint density at radius 1 is 1.42 bits per heavy atom. The molecule has 1 aromatic rings. The third-order valence-corrected chi connectivity index (χ3v) is 2.98. The van der Waals surface area contributed by atoms with Crippen molar-refractivity contribution in [3.63, 3.8) is 0 Å². The molecule has 0 spiro atoms. The molecule has 0 radical (unpaired) electrons. The molecular weight excluding hydrogens is 216 g/mol. The molecule has 1 rings (SSSR count). The summed E-state index contributed by atoms with van der Waals surface area (Å²) in [6.45, 7) is 2.88. The molecule has 0 aromatic heterocycles. The predicted octanol–water partition coefficient (Wildman–Crippen LogP) is 2.95. The molecule has 0 heterocycles. The summed E-state index contributed by atoms with van der Waals surface area (Å²) in [6, 6.07) is 6.29. The van der Waals surface area contributed by atoms with Crippen molar-refractivity contribution in [1.29, 1.82) is 0 Å². The van der Waals surface area contributed by atoms with Crippen molar-refractivity contribution in [2.24, 2.45) is 0 Å². The van der Waals surface area contributed by atoms with E-state index in [4.69, 9.17) is 4.74 Å². The number of hydrogen-bond acceptors (Lipinski definition) is 1. The Bertz CT molecular complexity index is 258. The van der Waals surface area contributed by atoms with Crippen molar-refractivity contribution in [1.82, 2.24) is 0 Å². The summed E-state index contributed by atoms with van der Waals surface area (Å²) in [6.07, 6.45) is 0.971. The molecule has 0 N–H and O–H groups in total. The minimum Gasteiger partial charge on any atom is -0.384 e. The van der Waals surface area contributed by atoms with E-state index in [-0.39, 0.29) is 0 Å². The van der Waals surface area contributed by atoms with Gasteiger partial charge in [-0.05, 0) is 24.5 Å². The Hall–Kier alpha value is -0.340. The number of hydrogen-bond donors (Lipinski definition) is 0. The van der Waals surface area contributed by atoms with E-state index in [2.05, 4.69) is 41.1 Å². The first-order valence-corrected chi connectivity index (χ1v) is 4.78. The van der Waals surface area contributed by atoms with Crippen molar-refractivity contribution < 1.29 is 4.74 Å². The lowest BCUT2D eigenvalue weighted by atomic mass is 10.1. The van der Waals surface area contributed by atoms with E-state index in [1.807, 2.05) is 0 Å². The number of methoxy groups -OCH3 is 1. The van der Waals surface area contributed by atoms with Crippen LogP contribution in [-0.2, 0) is 11.2 Å². The molecule has 0 saturated heterocycles. The Balaban J connectivity index is 2.78. The van der Waals surface area contributed by atoms with Crippen molar-refractivity contribution in [2.45, 2.75) is 13.3 Å². The maximum absolute atomic E-state index is 5.02. The lowest BCUT2D eigenvalue weighted by Crippen LogP contribution is -1.96. The Morgan fingerprint density at radius 2 is 2.17 bits per heavy atom. The van der Waals surface area contributed by atoms with E-state index >= 15 is 0 Å². The molecule has 0 saturated carbocycles. The molecule has 0 atom stereocenters. The second-order valence-corrected chi connectivity index (χ2v) is 3.58. The van der Waals surface area contributed by atoms with E-state index in [0.717, 1.165) is 13.0 Å². The maximum Gasteiger partial charge on any atom is 0.0503 e. The first-order valence-electron chi connectivity index (χ1n) is 3.98. The molecule has 0 aliphatic carbocycles. The largest absolute Gasteiger partial charge is 0.384 e. The third-order valence-electron chi connectivity index (χ3n) is 1.85. The van der Waals surface area contributed by atoms with Crippen molar-refractivity contribution >= 4 is 15.9 Å². The molecule has 66 valence electrons. The zero-order valence-electron chi connectivity index (χ0n) is 7.43. The van der Waals surface area contributed by atoms with Gasteiger partial charge in [0, 0.05) is 11.6 Å². The average molecular weight is 229 g/mol. The summed E-state index contributed by atoms with van der Waals surface area (Å²) in [5, 5.41) is 0. The van der Waals surface area contributed by atoms with Crippen LogP contribution in [0.5, 0.6) is 0 Å². The number of benzene rings is 1. The van der Waals surface area contributed by atoms with Crippen LogP contribution in [0.4, 0.5) is 0 Å². The maximum atomic E-state index is 5.02. The SMILES string of the molecule is COCCc1cccc(C)c1Br. The predicted molar refractivity (Wildman–Crippen MR) is 54.5 cm³/mol. The van der Waals surface area contributed by atoms with Gasteiger partial charge in [-0.3, -0.25) is 0 Å². The van der Waals surface area contributed by atoms with Crippen LogP contribution in [0, 0.1) is 6.92 Å². The number of rotatable bonds is 3. The van der Waals surface area contributed by atoms with Crippen LogP contribution in [0.2, 0.25) is 0 Å². The van der Waals surface area contributed by atoms with E-state index in [0.29, 0.717) is 0 Å². The molecule has 2 heteroatoms. The van der Waals surface area contributed by atoms with Crippen molar-refractivity contribution in [3.8, 4) is 0 Å². The molecule has 1 aromatic carbocycles. The van der Waals surface area contributed by atoms with Crippen LogP contribution < -0.4 is 0 Å². The zero-order valence-corrected chi connectivity index (χ0v) is 9.02. The summed E-state index contributed by atoms with van der Waals surface area (Å²) >= 11 is 3.55. The number of halogens is 1. The molecule has 0 aliphatic rings. The first-order chi connectivity index (χ1) is 5.75. The van der Waals surface area contributed by atoms with Crippen LogP contribution in [0.3, 0.4) is 0 Å². The minimum absolute atomic E-state index is 0.780. The number of ether oxygens (including phenoxy) is 1. The second kappa shape index (κ2) is 4.63. The van der Waals surface area contributed by atoms with Gasteiger partial charge in [0.05, 0.1) is 6.61 Å². The van der Waals surface area contributed by atoms with E-state index in [1.54, 1.807) is 7.11 Å². The van der Waals surface area contributed by atoms with Gasteiger partial charge in [0.15, 0.2) is 0 Å². The summed E-state index contributed by atoms with van der Waals surface area (Å²) in [4.78, 5) is 0. The molecular formula is C10H13BrO. The lowest BCUT2D eigenvalue weighted by molar-refractivity contribution is 0.202. The Labute approximate surface area is 81.9 Å². The Morgan fingerprint density at radius 3 is 2.83 bits per heavy atom. The monoisotopic (exact) mass is 228 g/mol. The van der Waals surface area contributed by atoms with Gasteiger partial charge < -0.3 is 4.74 Å². The lowest BCUT2D eigenvalue weighted by Gasteiger charge is -2.05. The van der Waals surface area contributed by atoms with Crippen molar-refractivity contribution in [3.05, 3.63) is 33.8 Å². The normalized spacial score (nSPS) is 10.2. The fourth-order valence-corrected chi connectivity index (χ4v) is 1.58. The van der Waals surface area contributed by atoms with Gasteiger partial charge in [0.25, 0.3) is 0 Å². The van der Waals surface area contributed by atoms with E-state index in [1.165, 1.54) is 15.6 Å². The fourth-order valence-electron chi connectivity index (χ4n) is 1.11. The van der Waals surface area contributed by atoms with Gasteiger partial charge in [-0.15, -0.1) is 0 Å². The highest BCUT2D eigenvalue weighted by Gasteiger charge is 2.00. The zero-order chi connectivity index (χ0) is 8.97. The molecule has 0 aliphatic heterocycles. The average Bonchev–Trinajstić information content (AvgIpc) is 2.08. The smallest absolute Gasteiger partial charge is 0.0503 e. The quantitative estimate of drug-likeness (QED) is 0.774. The highest BCUT2D eigenvalue weighted by atomic mass is 79.9. The molecule has 0 bridgehead atoms. The summed E-state index contributed by atoms with van der Waals surface area (Å²) in [5.41, 5.74) is 2.60. The van der Waals surface area contributed by atoms with E-state index in [9.17, 15) is 0 Å². The molecule has 0 amide bonds. The second-order valence-electron chi connectivity index (χ2n) is 2.79. The molecule has 0 unspecified atom stereocenters. The molecule has 0 fully saturated rings. The van der Waals surface area contributed by atoms with Gasteiger partial charge in [-0.1, -0.05) is 34.1 Å². The van der Waals surface area contributed by atoms with Gasteiger partial charge in [0.1, 0.15) is 0 Å². The fraction of sp³-hybridized carbons (Fsp3) is 0.400. The third kappa shape index (κ3) is 2.32. The van der Waals surface area contributed by atoms with Crippen LogP contribution >= 0.6 is 15.9 Å². The van der Waals surface area contributed by atoms with E-state index < -0.39 is 0 Å². The topological polar surface area (TPSA) is 9.23 Å². The van der Waals surface area contributed by atoms with Crippen LogP contribution in [0.1, 0.15) is 11.1 Å². The summed E-state index contributed by atoms with van der Waals surface area (Å²) in [7, 11) is 1.73. The Kier molecular flexibility index (Phi) is 3.76. The van der Waals surface area contributed by atoms with Gasteiger partial charge >= 0.3 is 0 Å². The van der Waals surface area contributed by atoms with Gasteiger partial charge in [-0.25, -0.2) is 0 Å². The van der Waals surface area contributed by atoms with Crippen LogP contribution in [0.25, 0.3) is 0 Å². The first kappa shape index (κ1) is 9.75. The van der Waals surface area contributed by atoms with Crippen molar-refractivity contribution in [2.75, 3.05) is 13.7 Å². The highest BCUT2D eigenvalue weighted by molar-refractivity contribution is 9.10. The summed E-state index contributed by atoms with van der Waals surface area (Å²) in [5.74, 6) is 0. The van der Waals surface area contributed by atoms with Gasteiger partial charge in [0.2, 0.25) is 0 Å². The van der Waals surface area contributed by atoms with Gasteiger partial charge in [-0.2, -0.15) is 0 Å². The minimum atomic E-state index is 0.780. The van der Waals surface area contributed by atoms with Crippen LogP contribution in [-0.4, -0.2) is 13.7 Å². The summed E-state index contributed by atoms with van der Waals surface area (Å²) < 4.78 is 6.23. The number of aryl methyl sites for hydroxylation is 1.